The third-order valence-corrected chi connectivity index (χ3v) is 3.65. The van der Waals surface area contributed by atoms with Crippen LogP contribution >= 0.6 is 0 Å². The highest BCUT2D eigenvalue weighted by molar-refractivity contribution is 6.20. The van der Waals surface area contributed by atoms with Gasteiger partial charge in [-0.3, -0.25) is 0 Å². The van der Waals surface area contributed by atoms with Crippen molar-refractivity contribution in [3.63, 3.8) is 0 Å². The Bertz CT molecular complexity index is 728. The molecular formula is C16H18N4O. The summed E-state index contributed by atoms with van der Waals surface area (Å²) in [7, 11) is 1.84. The average molecular weight is 282 g/mol. The van der Waals surface area contributed by atoms with E-state index in [0.717, 1.165) is 36.2 Å². The lowest BCUT2D eigenvalue weighted by Crippen LogP contribution is -1.97. The lowest BCUT2D eigenvalue weighted by atomic mass is 10.1. The van der Waals surface area contributed by atoms with Crippen LogP contribution in [0.15, 0.2) is 23.3 Å². The second-order valence-corrected chi connectivity index (χ2v) is 5.13. The number of aromatic hydroxyl groups is 1. The van der Waals surface area contributed by atoms with Gasteiger partial charge in [0.1, 0.15) is 11.5 Å². The van der Waals surface area contributed by atoms with E-state index in [4.69, 9.17) is 0 Å². The predicted octanol–water partition coefficient (Wildman–Crippen LogP) is 3.12. The third kappa shape index (κ3) is 2.46. The maximum atomic E-state index is 10.2. The lowest BCUT2D eigenvalue weighted by Gasteiger charge is -2.00. The van der Waals surface area contributed by atoms with Gasteiger partial charge in [-0.15, -0.1) is 0 Å². The second kappa shape index (κ2) is 5.52. The molecule has 2 aromatic heterocycles. The molecule has 2 aromatic rings. The number of aromatic nitrogens is 3. The van der Waals surface area contributed by atoms with Gasteiger partial charge >= 0.3 is 0 Å². The molecule has 3 rings (SSSR count). The van der Waals surface area contributed by atoms with Crippen LogP contribution in [0.4, 0.5) is 5.82 Å². The smallest absolute Gasteiger partial charge is 0.218 e. The molecule has 0 fully saturated rings. The SMILES string of the molecule is CCCCc1nc(/C=C2/C=Nc3ncccc32)c(O)n1C. The molecule has 21 heavy (non-hydrogen) atoms. The molecule has 0 aliphatic carbocycles. The number of hydrogen-bond acceptors (Lipinski definition) is 4. The van der Waals surface area contributed by atoms with Crippen LogP contribution in [-0.2, 0) is 13.5 Å². The van der Waals surface area contributed by atoms with E-state index in [1.54, 1.807) is 17.0 Å². The number of unbranched alkanes of at least 4 members (excludes halogenated alkanes) is 1. The van der Waals surface area contributed by atoms with Crippen LogP contribution in [0.2, 0.25) is 0 Å². The fraction of sp³-hybridized carbons (Fsp3) is 0.312. The number of imidazole rings is 1. The Labute approximate surface area is 123 Å². The number of fused-ring (bicyclic) bond motifs is 1. The van der Waals surface area contributed by atoms with E-state index >= 15 is 0 Å². The number of nitrogens with zero attached hydrogens (tertiary/aromatic N) is 4. The molecule has 0 saturated carbocycles. The topological polar surface area (TPSA) is 63.3 Å². The van der Waals surface area contributed by atoms with Crippen molar-refractivity contribution in [2.24, 2.45) is 12.0 Å². The second-order valence-electron chi connectivity index (χ2n) is 5.13. The number of rotatable bonds is 4. The summed E-state index contributed by atoms with van der Waals surface area (Å²) in [6, 6.07) is 3.85. The zero-order chi connectivity index (χ0) is 14.8. The minimum absolute atomic E-state index is 0.194. The van der Waals surface area contributed by atoms with Gasteiger partial charge in [-0.05, 0) is 24.6 Å². The molecular weight excluding hydrogens is 264 g/mol. The first-order chi connectivity index (χ1) is 10.2. The van der Waals surface area contributed by atoms with E-state index in [2.05, 4.69) is 21.9 Å². The highest BCUT2D eigenvalue weighted by Gasteiger charge is 2.16. The number of hydrogen-bond donors (Lipinski definition) is 1. The summed E-state index contributed by atoms with van der Waals surface area (Å²) in [5, 5.41) is 10.2. The standard InChI is InChI=1S/C16H18N4O/c1-3-4-7-14-19-13(16(21)20(14)2)9-11-10-18-15-12(11)6-5-8-17-15/h5-6,8-10,21H,3-4,7H2,1-2H3/b11-9-. The van der Waals surface area contributed by atoms with Crippen LogP contribution in [0, 0.1) is 0 Å². The number of pyridine rings is 1. The van der Waals surface area contributed by atoms with Crippen LogP contribution in [0.5, 0.6) is 5.88 Å². The zero-order valence-corrected chi connectivity index (χ0v) is 12.2. The average Bonchev–Trinajstić information content (AvgIpc) is 3.02. The first kappa shape index (κ1) is 13.5. The molecule has 0 amide bonds. The first-order valence-electron chi connectivity index (χ1n) is 7.16. The monoisotopic (exact) mass is 282 g/mol. The minimum Gasteiger partial charge on any atom is -0.493 e. The van der Waals surface area contributed by atoms with Gasteiger partial charge < -0.3 is 9.67 Å². The van der Waals surface area contributed by atoms with E-state index < -0.39 is 0 Å². The minimum atomic E-state index is 0.194. The van der Waals surface area contributed by atoms with Crippen molar-refractivity contribution in [2.45, 2.75) is 26.2 Å². The van der Waals surface area contributed by atoms with E-state index in [-0.39, 0.29) is 5.88 Å². The zero-order valence-electron chi connectivity index (χ0n) is 12.2. The quantitative estimate of drug-likeness (QED) is 0.937. The summed E-state index contributed by atoms with van der Waals surface area (Å²) in [6.07, 6.45) is 8.39. The Morgan fingerprint density at radius 3 is 3.05 bits per heavy atom. The van der Waals surface area contributed by atoms with Crippen molar-refractivity contribution >= 4 is 23.7 Å². The first-order valence-corrected chi connectivity index (χ1v) is 7.16. The molecule has 0 radical (unpaired) electrons. The van der Waals surface area contributed by atoms with E-state index in [9.17, 15) is 5.11 Å². The van der Waals surface area contributed by atoms with E-state index in [0.29, 0.717) is 11.5 Å². The van der Waals surface area contributed by atoms with Gasteiger partial charge in [-0.1, -0.05) is 13.3 Å². The molecule has 0 spiro atoms. The van der Waals surface area contributed by atoms with E-state index in [1.807, 2.05) is 25.3 Å². The molecule has 0 unspecified atom stereocenters. The molecule has 1 aliphatic heterocycles. The molecule has 0 aromatic carbocycles. The normalized spacial score (nSPS) is 14.9. The van der Waals surface area contributed by atoms with Crippen molar-refractivity contribution in [1.29, 1.82) is 0 Å². The number of allylic oxidation sites excluding steroid dienone is 1. The van der Waals surface area contributed by atoms with Crippen LogP contribution in [0.25, 0.3) is 11.6 Å². The van der Waals surface area contributed by atoms with Crippen molar-refractivity contribution in [2.75, 3.05) is 0 Å². The molecule has 0 atom stereocenters. The fourth-order valence-corrected chi connectivity index (χ4v) is 2.40. The van der Waals surface area contributed by atoms with Gasteiger partial charge in [0.25, 0.3) is 0 Å². The van der Waals surface area contributed by atoms with Crippen molar-refractivity contribution in [3.8, 4) is 5.88 Å². The summed E-state index contributed by atoms with van der Waals surface area (Å²) >= 11 is 0. The summed E-state index contributed by atoms with van der Waals surface area (Å²) in [5.41, 5.74) is 2.48. The van der Waals surface area contributed by atoms with Gasteiger partial charge in [0.2, 0.25) is 5.88 Å². The largest absolute Gasteiger partial charge is 0.493 e. The highest BCUT2D eigenvalue weighted by atomic mass is 16.3. The Balaban J connectivity index is 1.96. The van der Waals surface area contributed by atoms with Crippen molar-refractivity contribution in [3.05, 3.63) is 35.4 Å². The summed E-state index contributed by atoms with van der Waals surface area (Å²) in [5.74, 6) is 1.81. The molecule has 0 bridgehead atoms. The fourth-order valence-electron chi connectivity index (χ4n) is 2.40. The maximum Gasteiger partial charge on any atom is 0.218 e. The number of aliphatic imine (C=N–C) groups is 1. The molecule has 3 heterocycles. The molecule has 108 valence electrons. The number of aryl methyl sites for hydroxylation is 1. The van der Waals surface area contributed by atoms with Crippen LogP contribution < -0.4 is 0 Å². The van der Waals surface area contributed by atoms with Gasteiger partial charge in [-0.2, -0.15) is 0 Å². The molecule has 5 nitrogen and oxygen atoms in total. The van der Waals surface area contributed by atoms with Gasteiger partial charge in [0, 0.05) is 37.0 Å². The summed E-state index contributed by atoms with van der Waals surface area (Å²) in [4.78, 5) is 13.0. The van der Waals surface area contributed by atoms with Gasteiger partial charge in [-0.25, -0.2) is 15.0 Å². The van der Waals surface area contributed by atoms with Gasteiger partial charge in [0.05, 0.1) is 0 Å². The molecule has 1 aliphatic rings. The van der Waals surface area contributed by atoms with Crippen LogP contribution in [-0.4, -0.2) is 25.9 Å². The Morgan fingerprint density at radius 1 is 1.38 bits per heavy atom. The van der Waals surface area contributed by atoms with Crippen molar-refractivity contribution in [1.82, 2.24) is 14.5 Å². The molecule has 0 saturated heterocycles. The Kier molecular flexibility index (Phi) is 3.56. The third-order valence-electron chi connectivity index (χ3n) is 3.65. The predicted molar refractivity (Wildman–Crippen MR) is 83.7 cm³/mol. The Morgan fingerprint density at radius 2 is 2.24 bits per heavy atom. The lowest BCUT2D eigenvalue weighted by molar-refractivity contribution is 0.427. The molecule has 5 heteroatoms. The Hall–Kier alpha value is -2.43. The van der Waals surface area contributed by atoms with Crippen LogP contribution in [0.3, 0.4) is 0 Å². The summed E-state index contributed by atoms with van der Waals surface area (Å²) in [6.45, 7) is 2.14. The van der Waals surface area contributed by atoms with Crippen molar-refractivity contribution < 1.29 is 5.11 Å². The summed E-state index contributed by atoms with van der Waals surface area (Å²) < 4.78 is 1.75. The molecule has 1 N–H and O–H groups in total. The van der Waals surface area contributed by atoms with E-state index in [1.165, 1.54) is 0 Å². The highest BCUT2D eigenvalue weighted by Crippen LogP contribution is 2.31. The van der Waals surface area contributed by atoms with Gasteiger partial charge in [0.15, 0.2) is 5.82 Å². The maximum absolute atomic E-state index is 10.2. The van der Waals surface area contributed by atoms with Crippen LogP contribution in [0.1, 0.15) is 36.8 Å².